The van der Waals surface area contributed by atoms with Gasteiger partial charge in [-0.15, -0.1) is 0 Å². The predicted molar refractivity (Wildman–Crippen MR) is 89.1 cm³/mol. The Bertz CT molecular complexity index is 579. The maximum absolute atomic E-state index is 12.3. The lowest BCUT2D eigenvalue weighted by Crippen LogP contribution is -2.45. The molecule has 1 aromatic heterocycles. The van der Waals surface area contributed by atoms with Crippen LogP contribution in [0.1, 0.15) is 43.6 Å². The Balaban J connectivity index is 1.85. The highest BCUT2D eigenvalue weighted by Gasteiger charge is 2.26. The van der Waals surface area contributed by atoms with E-state index in [0.717, 1.165) is 38.0 Å². The SMILES string of the molecule is CCn1nc(C)c(CCNC(=O)C2CCCN(C(C)=O)C2)c1C. The van der Waals surface area contributed by atoms with Gasteiger partial charge in [0.15, 0.2) is 0 Å². The van der Waals surface area contributed by atoms with E-state index in [1.165, 1.54) is 11.3 Å². The van der Waals surface area contributed by atoms with E-state index in [4.69, 9.17) is 0 Å². The molecule has 1 unspecified atom stereocenters. The molecule has 0 aromatic carbocycles. The van der Waals surface area contributed by atoms with Crippen molar-refractivity contribution in [2.45, 2.75) is 53.5 Å². The molecule has 2 amide bonds. The molecule has 0 aliphatic carbocycles. The molecule has 6 nitrogen and oxygen atoms in total. The third-order valence-corrected chi connectivity index (χ3v) is 4.74. The minimum Gasteiger partial charge on any atom is -0.355 e. The molecule has 2 rings (SSSR count). The predicted octanol–water partition coefficient (Wildman–Crippen LogP) is 1.44. The Morgan fingerprint density at radius 2 is 2.09 bits per heavy atom. The van der Waals surface area contributed by atoms with Crippen molar-refractivity contribution in [3.8, 4) is 0 Å². The molecule has 1 aromatic rings. The number of carbonyl (C=O) groups is 2. The number of carbonyl (C=O) groups excluding carboxylic acids is 2. The highest BCUT2D eigenvalue weighted by Crippen LogP contribution is 2.17. The van der Waals surface area contributed by atoms with E-state index in [1.807, 2.05) is 11.6 Å². The molecule has 0 spiro atoms. The Hall–Kier alpha value is -1.85. The largest absolute Gasteiger partial charge is 0.355 e. The van der Waals surface area contributed by atoms with Crippen LogP contribution in [0.25, 0.3) is 0 Å². The molecular formula is C17H28N4O2. The van der Waals surface area contributed by atoms with Crippen LogP contribution in [0.4, 0.5) is 0 Å². The van der Waals surface area contributed by atoms with Gasteiger partial charge in [-0.3, -0.25) is 14.3 Å². The third-order valence-electron chi connectivity index (χ3n) is 4.74. The van der Waals surface area contributed by atoms with E-state index in [1.54, 1.807) is 11.8 Å². The number of aromatic nitrogens is 2. The monoisotopic (exact) mass is 320 g/mol. The third kappa shape index (κ3) is 4.12. The normalized spacial score (nSPS) is 18.1. The van der Waals surface area contributed by atoms with Crippen molar-refractivity contribution in [2.24, 2.45) is 5.92 Å². The van der Waals surface area contributed by atoms with E-state index < -0.39 is 0 Å². The van der Waals surface area contributed by atoms with E-state index in [2.05, 4.69) is 24.3 Å². The first-order valence-electron chi connectivity index (χ1n) is 8.50. The molecule has 6 heteroatoms. The van der Waals surface area contributed by atoms with Crippen molar-refractivity contribution in [1.82, 2.24) is 20.0 Å². The Kier molecular flexibility index (Phi) is 5.80. The van der Waals surface area contributed by atoms with Crippen molar-refractivity contribution in [3.63, 3.8) is 0 Å². The van der Waals surface area contributed by atoms with Crippen molar-refractivity contribution < 1.29 is 9.59 Å². The highest BCUT2D eigenvalue weighted by atomic mass is 16.2. The Labute approximate surface area is 138 Å². The number of nitrogens with zero attached hydrogens (tertiary/aromatic N) is 3. The van der Waals surface area contributed by atoms with E-state index >= 15 is 0 Å². The van der Waals surface area contributed by atoms with Crippen LogP contribution >= 0.6 is 0 Å². The molecule has 0 bridgehead atoms. The van der Waals surface area contributed by atoms with Crippen LogP contribution < -0.4 is 5.32 Å². The van der Waals surface area contributed by atoms with Crippen LogP contribution in [0.5, 0.6) is 0 Å². The summed E-state index contributed by atoms with van der Waals surface area (Å²) in [7, 11) is 0. The van der Waals surface area contributed by atoms with E-state index in [9.17, 15) is 9.59 Å². The van der Waals surface area contributed by atoms with Gasteiger partial charge in [0.1, 0.15) is 0 Å². The maximum Gasteiger partial charge on any atom is 0.224 e. The summed E-state index contributed by atoms with van der Waals surface area (Å²) in [5.41, 5.74) is 3.44. The first-order chi connectivity index (χ1) is 10.9. The van der Waals surface area contributed by atoms with Gasteiger partial charge in [0.05, 0.1) is 11.6 Å². The number of likely N-dealkylation sites (tertiary alicyclic amines) is 1. The molecule has 128 valence electrons. The first-order valence-corrected chi connectivity index (χ1v) is 8.50. The molecule has 23 heavy (non-hydrogen) atoms. The van der Waals surface area contributed by atoms with Crippen molar-refractivity contribution in [1.29, 1.82) is 0 Å². The first kappa shape index (κ1) is 17.5. The zero-order chi connectivity index (χ0) is 17.0. The minimum atomic E-state index is -0.0757. The van der Waals surface area contributed by atoms with Crippen LogP contribution in [0.3, 0.4) is 0 Å². The van der Waals surface area contributed by atoms with Crippen LogP contribution in [-0.2, 0) is 22.6 Å². The van der Waals surface area contributed by atoms with Gasteiger partial charge in [-0.1, -0.05) is 0 Å². The van der Waals surface area contributed by atoms with Crippen molar-refractivity contribution >= 4 is 11.8 Å². The number of hydrogen-bond donors (Lipinski definition) is 1. The van der Waals surface area contributed by atoms with Crippen molar-refractivity contribution in [3.05, 3.63) is 17.0 Å². The van der Waals surface area contributed by atoms with Crippen LogP contribution in [0.15, 0.2) is 0 Å². The summed E-state index contributed by atoms with van der Waals surface area (Å²) in [6.07, 6.45) is 2.56. The van der Waals surface area contributed by atoms with Crippen LogP contribution in [0.2, 0.25) is 0 Å². The maximum atomic E-state index is 12.3. The summed E-state index contributed by atoms with van der Waals surface area (Å²) >= 11 is 0. The smallest absolute Gasteiger partial charge is 0.224 e. The van der Waals surface area contributed by atoms with Gasteiger partial charge in [0, 0.05) is 38.8 Å². The van der Waals surface area contributed by atoms with Gasteiger partial charge in [0.25, 0.3) is 0 Å². The second-order valence-corrected chi connectivity index (χ2v) is 6.31. The van der Waals surface area contributed by atoms with Gasteiger partial charge in [0.2, 0.25) is 11.8 Å². The molecule has 1 fully saturated rings. The van der Waals surface area contributed by atoms with Gasteiger partial charge in [-0.25, -0.2) is 0 Å². The number of amides is 2. The molecule has 2 heterocycles. The lowest BCUT2D eigenvalue weighted by molar-refractivity contribution is -0.133. The second kappa shape index (κ2) is 7.62. The highest BCUT2D eigenvalue weighted by molar-refractivity contribution is 5.80. The van der Waals surface area contributed by atoms with E-state index in [-0.39, 0.29) is 17.7 Å². The Morgan fingerprint density at radius 3 is 2.70 bits per heavy atom. The molecular weight excluding hydrogens is 292 g/mol. The molecule has 0 saturated carbocycles. The molecule has 1 saturated heterocycles. The fraction of sp³-hybridized carbons (Fsp3) is 0.706. The number of rotatable bonds is 5. The summed E-state index contributed by atoms with van der Waals surface area (Å²) in [6.45, 7) is 10.5. The minimum absolute atomic E-state index is 0.0562. The van der Waals surface area contributed by atoms with Gasteiger partial charge < -0.3 is 10.2 Å². The summed E-state index contributed by atoms with van der Waals surface area (Å²) in [4.78, 5) is 25.5. The summed E-state index contributed by atoms with van der Waals surface area (Å²) < 4.78 is 2.00. The van der Waals surface area contributed by atoms with E-state index in [0.29, 0.717) is 13.1 Å². The lowest BCUT2D eigenvalue weighted by Gasteiger charge is -2.31. The second-order valence-electron chi connectivity index (χ2n) is 6.31. The molecule has 1 aliphatic heterocycles. The molecule has 1 atom stereocenters. The lowest BCUT2D eigenvalue weighted by atomic mass is 9.97. The van der Waals surface area contributed by atoms with Gasteiger partial charge in [-0.2, -0.15) is 5.10 Å². The average Bonchev–Trinajstić information content (AvgIpc) is 2.82. The summed E-state index contributed by atoms with van der Waals surface area (Å²) in [5, 5.41) is 7.53. The van der Waals surface area contributed by atoms with Gasteiger partial charge >= 0.3 is 0 Å². The number of aryl methyl sites for hydroxylation is 2. The number of hydrogen-bond acceptors (Lipinski definition) is 3. The molecule has 0 radical (unpaired) electrons. The van der Waals surface area contributed by atoms with Crippen molar-refractivity contribution in [2.75, 3.05) is 19.6 Å². The van der Waals surface area contributed by atoms with Gasteiger partial charge in [-0.05, 0) is 45.6 Å². The summed E-state index contributed by atoms with van der Waals surface area (Å²) in [6, 6.07) is 0. The number of piperidine rings is 1. The quantitative estimate of drug-likeness (QED) is 0.892. The number of nitrogens with one attached hydrogen (secondary N) is 1. The molecule has 1 N–H and O–H groups in total. The summed E-state index contributed by atoms with van der Waals surface area (Å²) in [5.74, 6) is 0.0445. The van der Waals surface area contributed by atoms with Crippen LogP contribution in [0, 0.1) is 19.8 Å². The fourth-order valence-electron chi connectivity index (χ4n) is 3.34. The topological polar surface area (TPSA) is 67.2 Å². The zero-order valence-electron chi connectivity index (χ0n) is 14.7. The standard InChI is InChI=1S/C17H28N4O2/c1-5-21-13(3)16(12(2)19-21)8-9-18-17(23)15-7-6-10-20(11-15)14(4)22/h15H,5-11H2,1-4H3,(H,18,23). The average molecular weight is 320 g/mol. The Morgan fingerprint density at radius 1 is 1.35 bits per heavy atom. The zero-order valence-corrected chi connectivity index (χ0v) is 14.7. The van der Waals surface area contributed by atoms with Crippen LogP contribution in [-0.4, -0.2) is 46.1 Å². The molecule has 1 aliphatic rings. The fourth-order valence-corrected chi connectivity index (χ4v) is 3.34.